The molecule has 1 amide bonds. The quantitative estimate of drug-likeness (QED) is 0.720. The number of benzene rings is 2. The summed E-state index contributed by atoms with van der Waals surface area (Å²) in [7, 11) is 0. The van der Waals surface area contributed by atoms with Crippen LogP contribution in [0.15, 0.2) is 67.0 Å². The Balaban J connectivity index is 1.43. The molecule has 0 N–H and O–H groups in total. The first-order chi connectivity index (χ1) is 13.2. The topological polar surface area (TPSA) is 49.3 Å². The largest absolute Gasteiger partial charge is 0.353 e. The first kappa shape index (κ1) is 17.2. The molecule has 2 heterocycles. The van der Waals surface area contributed by atoms with Gasteiger partial charge in [0.05, 0.1) is 5.69 Å². The van der Waals surface area contributed by atoms with Crippen LogP contribution in [-0.2, 0) is 0 Å². The highest BCUT2D eigenvalue weighted by atomic mass is 16.2. The monoisotopic (exact) mass is 358 g/mol. The summed E-state index contributed by atoms with van der Waals surface area (Å²) in [5.41, 5.74) is 3.91. The molecule has 5 heteroatoms. The third-order valence-electron chi connectivity index (χ3n) is 4.91. The predicted octanol–water partition coefficient (Wildman–Crippen LogP) is 3.41. The Morgan fingerprint density at radius 1 is 0.889 bits per heavy atom. The first-order valence-electron chi connectivity index (χ1n) is 9.19. The van der Waals surface area contributed by atoms with Gasteiger partial charge in [0, 0.05) is 43.4 Å². The number of aromatic nitrogens is 2. The van der Waals surface area contributed by atoms with E-state index in [9.17, 15) is 4.79 Å². The van der Waals surface area contributed by atoms with E-state index in [0.29, 0.717) is 13.1 Å². The van der Waals surface area contributed by atoms with Crippen LogP contribution in [0.25, 0.3) is 11.3 Å². The Morgan fingerprint density at radius 2 is 1.59 bits per heavy atom. The van der Waals surface area contributed by atoms with Crippen LogP contribution in [0.1, 0.15) is 15.9 Å². The Morgan fingerprint density at radius 3 is 2.30 bits per heavy atom. The Bertz CT molecular complexity index is 917. The Labute approximate surface area is 159 Å². The maximum absolute atomic E-state index is 12.7. The molecule has 0 bridgehead atoms. The molecule has 136 valence electrons. The van der Waals surface area contributed by atoms with Crippen LogP contribution < -0.4 is 4.90 Å². The van der Waals surface area contributed by atoms with E-state index in [1.807, 2.05) is 72.5 Å². The summed E-state index contributed by atoms with van der Waals surface area (Å²) in [6.07, 6.45) is 1.61. The van der Waals surface area contributed by atoms with Crippen LogP contribution >= 0.6 is 0 Å². The van der Waals surface area contributed by atoms with Gasteiger partial charge in [-0.25, -0.2) is 9.97 Å². The van der Waals surface area contributed by atoms with Crippen molar-refractivity contribution >= 4 is 11.7 Å². The van der Waals surface area contributed by atoms with Gasteiger partial charge in [0.2, 0.25) is 0 Å². The summed E-state index contributed by atoms with van der Waals surface area (Å²) < 4.78 is 0. The molecule has 1 aliphatic rings. The summed E-state index contributed by atoms with van der Waals surface area (Å²) >= 11 is 0. The van der Waals surface area contributed by atoms with Gasteiger partial charge in [0.15, 0.2) is 0 Å². The summed E-state index contributed by atoms with van der Waals surface area (Å²) in [5.74, 6) is 1.01. The second kappa shape index (κ2) is 7.58. The fourth-order valence-electron chi connectivity index (χ4n) is 3.30. The zero-order valence-corrected chi connectivity index (χ0v) is 15.4. The fraction of sp³-hybridized carbons (Fsp3) is 0.227. The molecule has 3 aromatic rings. The SMILES string of the molecule is Cc1ccc(C(=O)N2CCN(c3cc(-c4ccccc4)ncn3)CC2)cc1. The van der Waals surface area contributed by atoms with E-state index in [2.05, 4.69) is 14.9 Å². The lowest BCUT2D eigenvalue weighted by Crippen LogP contribution is -2.49. The molecule has 2 aromatic carbocycles. The number of nitrogens with zero attached hydrogens (tertiary/aromatic N) is 4. The van der Waals surface area contributed by atoms with Crippen molar-refractivity contribution in [2.45, 2.75) is 6.92 Å². The van der Waals surface area contributed by atoms with Crippen LogP contribution in [0.2, 0.25) is 0 Å². The third kappa shape index (κ3) is 3.82. The Hall–Kier alpha value is -3.21. The molecular weight excluding hydrogens is 336 g/mol. The molecule has 0 atom stereocenters. The van der Waals surface area contributed by atoms with Gasteiger partial charge in [0.25, 0.3) is 5.91 Å². The third-order valence-corrected chi connectivity index (χ3v) is 4.91. The van der Waals surface area contributed by atoms with E-state index in [1.54, 1.807) is 6.33 Å². The minimum Gasteiger partial charge on any atom is -0.353 e. The van der Waals surface area contributed by atoms with Gasteiger partial charge in [-0.1, -0.05) is 48.0 Å². The highest BCUT2D eigenvalue weighted by Crippen LogP contribution is 2.21. The molecule has 0 spiro atoms. The standard InChI is InChI=1S/C22H22N4O/c1-17-7-9-19(10-8-17)22(27)26-13-11-25(12-14-26)21-15-20(23-16-24-21)18-5-3-2-4-6-18/h2-10,15-16H,11-14H2,1H3. The smallest absolute Gasteiger partial charge is 0.253 e. The maximum atomic E-state index is 12.7. The van der Waals surface area contributed by atoms with Crippen LogP contribution in [0.3, 0.4) is 0 Å². The molecule has 1 fully saturated rings. The number of anilines is 1. The summed E-state index contributed by atoms with van der Waals surface area (Å²) in [4.78, 5) is 25.6. The van der Waals surface area contributed by atoms with Gasteiger partial charge in [-0.2, -0.15) is 0 Å². The highest BCUT2D eigenvalue weighted by Gasteiger charge is 2.23. The lowest BCUT2D eigenvalue weighted by atomic mass is 10.1. The van der Waals surface area contributed by atoms with Crippen LogP contribution in [0, 0.1) is 6.92 Å². The van der Waals surface area contributed by atoms with Crippen molar-refractivity contribution in [2.24, 2.45) is 0 Å². The van der Waals surface area contributed by atoms with E-state index in [4.69, 9.17) is 0 Å². The number of carbonyl (C=O) groups excluding carboxylic acids is 1. The van der Waals surface area contributed by atoms with Gasteiger partial charge in [-0.05, 0) is 19.1 Å². The molecule has 0 radical (unpaired) electrons. The van der Waals surface area contributed by atoms with Crippen LogP contribution in [-0.4, -0.2) is 47.0 Å². The zero-order valence-electron chi connectivity index (χ0n) is 15.4. The molecule has 0 unspecified atom stereocenters. The number of hydrogen-bond acceptors (Lipinski definition) is 4. The summed E-state index contributed by atoms with van der Waals surface area (Å²) in [5, 5.41) is 0. The number of hydrogen-bond donors (Lipinski definition) is 0. The van der Waals surface area contributed by atoms with E-state index < -0.39 is 0 Å². The van der Waals surface area contributed by atoms with Gasteiger partial charge in [0.1, 0.15) is 12.1 Å². The first-order valence-corrected chi connectivity index (χ1v) is 9.19. The number of rotatable bonds is 3. The molecule has 27 heavy (non-hydrogen) atoms. The van der Waals surface area contributed by atoms with Crippen molar-refractivity contribution in [1.29, 1.82) is 0 Å². The van der Waals surface area contributed by atoms with Crippen molar-refractivity contribution in [1.82, 2.24) is 14.9 Å². The van der Waals surface area contributed by atoms with Crippen molar-refractivity contribution in [3.8, 4) is 11.3 Å². The van der Waals surface area contributed by atoms with Crippen molar-refractivity contribution < 1.29 is 4.79 Å². The lowest BCUT2D eigenvalue weighted by molar-refractivity contribution is 0.0746. The zero-order chi connectivity index (χ0) is 18.6. The van der Waals surface area contributed by atoms with Crippen LogP contribution in [0.5, 0.6) is 0 Å². The minimum absolute atomic E-state index is 0.0994. The molecular formula is C22H22N4O. The molecule has 5 nitrogen and oxygen atoms in total. The average Bonchev–Trinajstić information content (AvgIpc) is 2.75. The second-order valence-electron chi connectivity index (χ2n) is 6.77. The molecule has 1 aliphatic heterocycles. The van der Waals surface area contributed by atoms with Gasteiger partial charge < -0.3 is 9.80 Å². The molecule has 1 aromatic heterocycles. The van der Waals surface area contributed by atoms with Gasteiger partial charge in [-0.3, -0.25) is 4.79 Å². The summed E-state index contributed by atoms with van der Waals surface area (Å²) in [6.45, 7) is 4.94. The average molecular weight is 358 g/mol. The Kier molecular flexibility index (Phi) is 4.83. The summed E-state index contributed by atoms with van der Waals surface area (Å²) in [6, 6.07) is 19.9. The fourth-order valence-corrected chi connectivity index (χ4v) is 3.30. The lowest BCUT2D eigenvalue weighted by Gasteiger charge is -2.35. The van der Waals surface area contributed by atoms with Crippen LogP contribution in [0.4, 0.5) is 5.82 Å². The maximum Gasteiger partial charge on any atom is 0.253 e. The van der Waals surface area contributed by atoms with E-state index >= 15 is 0 Å². The number of amides is 1. The number of aryl methyl sites for hydroxylation is 1. The molecule has 0 aliphatic carbocycles. The predicted molar refractivity (Wildman–Crippen MR) is 107 cm³/mol. The van der Waals surface area contributed by atoms with Crippen molar-refractivity contribution in [3.63, 3.8) is 0 Å². The van der Waals surface area contributed by atoms with E-state index in [1.165, 1.54) is 0 Å². The van der Waals surface area contributed by atoms with E-state index in [-0.39, 0.29) is 5.91 Å². The molecule has 0 saturated carbocycles. The highest BCUT2D eigenvalue weighted by molar-refractivity contribution is 5.94. The van der Waals surface area contributed by atoms with Gasteiger partial charge in [-0.15, -0.1) is 0 Å². The minimum atomic E-state index is 0.0994. The second-order valence-corrected chi connectivity index (χ2v) is 6.77. The molecule has 4 rings (SSSR count). The van der Waals surface area contributed by atoms with E-state index in [0.717, 1.165) is 41.3 Å². The van der Waals surface area contributed by atoms with Crippen molar-refractivity contribution in [2.75, 3.05) is 31.1 Å². The number of piperazine rings is 1. The van der Waals surface area contributed by atoms with Crippen molar-refractivity contribution in [3.05, 3.63) is 78.1 Å². The normalized spacial score (nSPS) is 14.3. The number of carbonyl (C=O) groups is 1. The molecule has 1 saturated heterocycles. The van der Waals surface area contributed by atoms with Gasteiger partial charge >= 0.3 is 0 Å².